The first-order valence-corrected chi connectivity index (χ1v) is 5.77. The molecule has 0 saturated carbocycles. The van der Waals surface area contributed by atoms with Crippen molar-refractivity contribution in [1.82, 2.24) is 19.6 Å². The molecule has 0 radical (unpaired) electrons. The molecular weight excluding hydrogens is 274 g/mol. The SMILES string of the molecule is CC(Br)CN(C)c1cc2n[nH]c(=O)n2cn1. The predicted octanol–water partition coefficient (Wildman–Crippen LogP) is 0.637. The Morgan fingerprint density at radius 3 is 3.12 bits per heavy atom. The number of nitrogens with one attached hydrogen (secondary N) is 1. The van der Waals surface area contributed by atoms with Gasteiger partial charge in [-0.2, -0.15) is 5.10 Å². The lowest BCUT2D eigenvalue weighted by molar-refractivity contribution is 0.853. The first kappa shape index (κ1) is 11.1. The van der Waals surface area contributed by atoms with Gasteiger partial charge in [0.2, 0.25) is 0 Å². The zero-order valence-electron chi connectivity index (χ0n) is 9.01. The number of aromatic nitrogens is 4. The summed E-state index contributed by atoms with van der Waals surface area (Å²) in [5.41, 5.74) is 0.301. The Bertz CT molecular complexity index is 546. The molecule has 0 aliphatic rings. The Kier molecular flexibility index (Phi) is 2.95. The molecule has 0 aliphatic carbocycles. The molecule has 1 N–H and O–H groups in total. The third kappa shape index (κ3) is 2.08. The van der Waals surface area contributed by atoms with Gasteiger partial charge < -0.3 is 4.90 Å². The van der Waals surface area contributed by atoms with Crippen LogP contribution in [0.15, 0.2) is 17.2 Å². The molecule has 1 atom stereocenters. The van der Waals surface area contributed by atoms with E-state index in [1.807, 2.05) is 11.9 Å². The van der Waals surface area contributed by atoms with Crippen molar-refractivity contribution in [1.29, 1.82) is 0 Å². The quantitative estimate of drug-likeness (QED) is 0.841. The number of hydrogen-bond donors (Lipinski definition) is 1. The third-order valence-corrected chi connectivity index (χ3v) is 2.50. The largest absolute Gasteiger partial charge is 0.358 e. The molecule has 0 aromatic carbocycles. The highest BCUT2D eigenvalue weighted by molar-refractivity contribution is 9.09. The van der Waals surface area contributed by atoms with Gasteiger partial charge in [0.25, 0.3) is 0 Å². The van der Waals surface area contributed by atoms with E-state index in [4.69, 9.17) is 0 Å². The number of nitrogens with zero attached hydrogens (tertiary/aromatic N) is 4. The van der Waals surface area contributed by atoms with E-state index in [0.717, 1.165) is 12.4 Å². The molecule has 86 valence electrons. The van der Waals surface area contributed by atoms with E-state index >= 15 is 0 Å². The minimum Gasteiger partial charge on any atom is -0.358 e. The van der Waals surface area contributed by atoms with E-state index in [-0.39, 0.29) is 5.69 Å². The molecule has 0 spiro atoms. The second-order valence-electron chi connectivity index (χ2n) is 3.67. The molecule has 2 aromatic rings. The fourth-order valence-corrected chi connectivity index (χ4v) is 1.91. The smallest absolute Gasteiger partial charge is 0.348 e. The molecule has 0 aliphatic heterocycles. The Morgan fingerprint density at radius 1 is 1.69 bits per heavy atom. The number of H-pyrrole nitrogens is 1. The summed E-state index contributed by atoms with van der Waals surface area (Å²) in [4.78, 5) is 17.8. The minimum absolute atomic E-state index is 0.273. The topological polar surface area (TPSA) is 66.3 Å². The lowest BCUT2D eigenvalue weighted by Crippen LogP contribution is -2.25. The van der Waals surface area contributed by atoms with Gasteiger partial charge >= 0.3 is 5.69 Å². The van der Waals surface area contributed by atoms with Crippen LogP contribution >= 0.6 is 15.9 Å². The van der Waals surface area contributed by atoms with Crippen LogP contribution in [0.1, 0.15) is 6.92 Å². The van der Waals surface area contributed by atoms with Gasteiger partial charge in [-0.1, -0.05) is 22.9 Å². The zero-order valence-corrected chi connectivity index (χ0v) is 10.6. The maximum absolute atomic E-state index is 11.2. The van der Waals surface area contributed by atoms with Crippen molar-refractivity contribution in [3.63, 3.8) is 0 Å². The number of rotatable bonds is 3. The number of hydrogen-bond acceptors (Lipinski definition) is 4. The van der Waals surface area contributed by atoms with E-state index < -0.39 is 0 Å². The Balaban J connectivity index is 2.35. The summed E-state index contributed by atoms with van der Waals surface area (Å²) in [6.45, 7) is 2.89. The molecule has 1 unspecified atom stereocenters. The number of anilines is 1. The maximum Gasteiger partial charge on any atom is 0.348 e. The summed E-state index contributed by atoms with van der Waals surface area (Å²) in [6, 6.07) is 1.77. The van der Waals surface area contributed by atoms with Crippen LogP contribution in [0.3, 0.4) is 0 Å². The van der Waals surface area contributed by atoms with Crippen molar-refractivity contribution in [3.05, 3.63) is 22.9 Å². The van der Waals surface area contributed by atoms with Gasteiger partial charge in [-0.25, -0.2) is 19.3 Å². The first-order chi connectivity index (χ1) is 7.58. The fraction of sp³-hybridized carbons (Fsp3) is 0.444. The predicted molar refractivity (Wildman–Crippen MR) is 65.3 cm³/mol. The van der Waals surface area contributed by atoms with Crippen molar-refractivity contribution in [3.8, 4) is 0 Å². The average Bonchev–Trinajstić information content (AvgIpc) is 2.59. The van der Waals surface area contributed by atoms with Gasteiger partial charge in [-0.3, -0.25) is 0 Å². The van der Waals surface area contributed by atoms with Crippen LogP contribution in [-0.4, -0.2) is 38.0 Å². The standard InChI is InChI=1S/C9H12BrN5O/c1-6(10)4-14(2)7-3-8-12-13-9(16)15(8)5-11-7/h3,5-6H,4H2,1-2H3,(H,13,16). The molecule has 7 heteroatoms. The van der Waals surface area contributed by atoms with Crippen molar-refractivity contribution < 1.29 is 0 Å². The lowest BCUT2D eigenvalue weighted by Gasteiger charge is -2.19. The molecule has 0 saturated heterocycles. The summed E-state index contributed by atoms with van der Waals surface area (Å²) in [7, 11) is 1.95. The number of aromatic amines is 1. The summed E-state index contributed by atoms with van der Waals surface area (Å²) in [6.07, 6.45) is 1.48. The van der Waals surface area contributed by atoms with E-state index in [1.165, 1.54) is 10.7 Å². The molecule has 2 heterocycles. The normalized spacial score (nSPS) is 12.9. The summed E-state index contributed by atoms with van der Waals surface area (Å²) in [5, 5.41) is 6.26. The summed E-state index contributed by atoms with van der Waals surface area (Å²) < 4.78 is 1.37. The lowest BCUT2D eigenvalue weighted by atomic mass is 10.4. The summed E-state index contributed by atoms with van der Waals surface area (Å²) in [5.74, 6) is 0.790. The van der Waals surface area contributed by atoms with Gasteiger partial charge in [0.15, 0.2) is 5.65 Å². The van der Waals surface area contributed by atoms with Crippen molar-refractivity contribution in [2.45, 2.75) is 11.8 Å². The number of fused-ring (bicyclic) bond motifs is 1. The van der Waals surface area contributed by atoms with Crippen LogP contribution in [0, 0.1) is 0 Å². The molecule has 0 bridgehead atoms. The average molecular weight is 286 g/mol. The molecule has 6 nitrogen and oxygen atoms in total. The molecular formula is C9H12BrN5O. The van der Waals surface area contributed by atoms with Gasteiger partial charge in [0, 0.05) is 24.5 Å². The summed E-state index contributed by atoms with van der Waals surface area (Å²) >= 11 is 3.48. The van der Waals surface area contributed by atoms with Crippen molar-refractivity contribution in [2.75, 3.05) is 18.5 Å². The monoisotopic (exact) mass is 285 g/mol. The van der Waals surface area contributed by atoms with Gasteiger partial charge in [-0.05, 0) is 0 Å². The van der Waals surface area contributed by atoms with Crippen LogP contribution in [-0.2, 0) is 0 Å². The van der Waals surface area contributed by atoms with Crippen LogP contribution in [0.25, 0.3) is 5.65 Å². The van der Waals surface area contributed by atoms with Gasteiger partial charge in [0.1, 0.15) is 12.1 Å². The molecule has 0 amide bonds. The molecule has 2 aromatic heterocycles. The van der Waals surface area contributed by atoms with E-state index in [9.17, 15) is 4.79 Å². The van der Waals surface area contributed by atoms with Gasteiger partial charge in [0.05, 0.1) is 0 Å². The van der Waals surface area contributed by atoms with Crippen LogP contribution in [0.5, 0.6) is 0 Å². The van der Waals surface area contributed by atoms with Gasteiger partial charge in [-0.15, -0.1) is 0 Å². The van der Waals surface area contributed by atoms with Crippen LogP contribution in [0.2, 0.25) is 0 Å². The van der Waals surface area contributed by atoms with Crippen molar-refractivity contribution in [2.24, 2.45) is 0 Å². The Labute approximate surface area is 100 Å². The zero-order chi connectivity index (χ0) is 11.7. The molecule has 2 rings (SSSR count). The fourth-order valence-electron chi connectivity index (χ4n) is 1.48. The van der Waals surface area contributed by atoms with Crippen LogP contribution < -0.4 is 10.6 Å². The maximum atomic E-state index is 11.2. The molecule has 16 heavy (non-hydrogen) atoms. The molecule has 0 fully saturated rings. The van der Waals surface area contributed by atoms with Crippen molar-refractivity contribution >= 4 is 27.4 Å². The Hall–Kier alpha value is -1.37. The highest BCUT2D eigenvalue weighted by Gasteiger charge is 2.08. The number of alkyl halides is 1. The van der Waals surface area contributed by atoms with E-state index in [0.29, 0.717) is 10.5 Å². The third-order valence-electron chi connectivity index (χ3n) is 2.21. The number of halogens is 1. The highest BCUT2D eigenvalue weighted by Crippen LogP contribution is 2.11. The Morgan fingerprint density at radius 2 is 2.44 bits per heavy atom. The van der Waals surface area contributed by atoms with E-state index in [1.54, 1.807) is 6.07 Å². The van der Waals surface area contributed by atoms with E-state index in [2.05, 4.69) is 38.0 Å². The highest BCUT2D eigenvalue weighted by atomic mass is 79.9. The van der Waals surface area contributed by atoms with Crippen LogP contribution in [0.4, 0.5) is 5.82 Å². The first-order valence-electron chi connectivity index (χ1n) is 4.86. The minimum atomic E-state index is -0.273. The second kappa shape index (κ2) is 4.25. The second-order valence-corrected chi connectivity index (χ2v) is 5.23.